The molecule has 16 heavy (non-hydrogen) atoms. The number of imidazole rings is 1. The van der Waals surface area contributed by atoms with Gasteiger partial charge in [0.25, 0.3) is 0 Å². The Morgan fingerprint density at radius 3 is 3.00 bits per heavy atom. The van der Waals surface area contributed by atoms with Crippen LogP contribution in [0.25, 0.3) is 11.0 Å². The SMILES string of the molecule is CSCCn1c(CCl)nc2c(F)cccc21. The van der Waals surface area contributed by atoms with Gasteiger partial charge in [0.05, 0.1) is 11.4 Å². The second-order valence-corrected chi connectivity index (χ2v) is 4.67. The number of thioether (sulfide) groups is 1. The first-order valence-electron chi connectivity index (χ1n) is 4.96. The minimum atomic E-state index is -0.285. The van der Waals surface area contributed by atoms with E-state index in [2.05, 4.69) is 4.98 Å². The Morgan fingerprint density at radius 1 is 1.50 bits per heavy atom. The van der Waals surface area contributed by atoms with E-state index in [1.54, 1.807) is 17.8 Å². The number of alkyl halides is 1. The zero-order valence-electron chi connectivity index (χ0n) is 8.91. The van der Waals surface area contributed by atoms with Crippen LogP contribution >= 0.6 is 23.4 Å². The zero-order valence-corrected chi connectivity index (χ0v) is 10.5. The van der Waals surface area contributed by atoms with Crippen LogP contribution in [0.15, 0.2) is 18.2 Å². The monoisotopic (exact) mass is 258 g/mol. The Morgan fingerprint density at radius 2 is 2.31 bits per heavy atom. The summed E-state index contributed by atoms with van der Waals surface area (Å²) in [6.07, 6.45) is 2.04. The molecule has 1 aromatic heterocycles. The molecule has 2 aromatic rings. The average molecular weight is 259 g/mol. The molecule has 1 heterocycles. The predicted molar refractivity (Wildman–Crippen MR) is 67.6 cm³/mol. The molecular formula is C11H12ClFN2S. The van der Waals surface area contributed by atoms with E-state index in [1.807, 2.05) is 16.9 Å². The Bertz CT molecular complexity index is 498. The van der Waals surface area contributed by atoms with Crippen molar-refractivity contribution in [2.24, 2.45) is 0 Å². The van der Waals surface area contributed by atoms with Gasteiger partial charge < -0.3 is 4.57 Å². The Labute approximate surface area is 103 Å². The number of halogens is 2. The van der Waals surface area contributed by atoms with Gasteiger partial charge in [-0.15, -0.1) is 11.6 Å². The summed E-state index contributed by atoms with van der Waals surface area (Å²) >= 11 is 7.57. The Hall–Kier alpha value is -0.740. The fourth-order valence-corrected chi connectivity index (χ4v) is 2.26. The smallest absolute Gasteiger partial charge is 0.151 e. The largest absolute Gasteiger partial charge is 0.326 e. The molecule has 2 nitrogen and oxygen atoms in total. The summed E-state index contributed by atoms with van der Waals surface area (Å²) in [5, 5.41) is 0. The normalized spacial score (nSPS) is 11.2. The number of rotatable bonds is 4. The number of para-hydroxylation sites is 1. The van der Waals surface area contributed by atoms with Crippen LogP contribution < -0.4 is 0 Å². The molecule has 0 spiro atoms. The molecule has 0 aliphatic heterocycles. The number of hydrogen-bond donors (Lipinski definition) is 0. The molecule has 0 saturated heterocycles. The van der Waals surface area contributed by atoms with Crippen LogP contribution in [0, 0.1) is 5.82 Å². The highest BCUT2D eigenvalue weighted by molar-refractivity contribution is 7.98. The lowest BCUT2D eigenvalue weighted by molar-refractivity contribution is 0.637. The summed E-state index contributed by atoms with van der Waals surface area (Å²) in [6.45, 7) is 0.809. The number of aryl methyl sites for hydroxylation is 1. The van der Waals surface area contributed by atoms with E-state index in [1.165, 1.54) is 6.07 Å². The van der Waals surface area contributed by atoms with Gasteiger partial charge in [0.1, 0.15) is 11.3 Å². The van der Waals surface area contributed by atoms with Crippen LogP contribution in [0.2, 0.25) is 0 Å². The van der Waals surface area contributed by atoms with Crippen LogP contribution in [0.3, 0.4) is 0 Å². The molecule has 0 fully saturated rings. The van der Waals surface area contributed by atoms with Gasteiger partial charge in [-0.2, -0.15) is 11.8 Å². The van der Waals surface area contributed by atoms with E-state index in [4.69, 9.17) is 11.6 Å². The summed E-state index contributed by atoms with van der Waals surface area (Å²) < 4.78 is 15.5. The zero-order chi connectivity index (χ0) is 11.5. The van der Waals surface area contributed by atoms with E-state index >= 15 is 0 Å². The standard InChI is InChI=1S/C11H12ClFN2S/c1-16-6-5-15-9-4-2-3-8(13)11(9)14-10(15)7-12/h2-4H,5-7H2,1H3. The van der Waals surface area contributed by atoms with Crippen LogP contribution in [0.5, 0.6) is 0 Å². The summed E-state index contributed by atoms with van der Waals surface area (Å²) in [5.41, 5.74) is 1.24. The first-order valence-corrected chi connectivity index (χ1v) is 6.89. The van der Waals surface area contributed by atoms with Crippen molar-refractivity contribution in [3.63, 3.8) is 0 Å². The molecule has 0 amide bonds. The topological polar surface area (TPSA) is 17.8 Å². The molecule has 0 atom stereocenters. The third kappa shape index (κ3) is 2.04. The van der Waals surface area contributed by atoms with Gasteiger partial charge in [-0.05, 0) is 18.4 Å². The van der Waals surface area contributed by atoms with Crippen LogP contribution in [0.1, 0.15) is 5.82 Å². The van der Waals surface area contributed by atoms with Crippen molar-refractivity contribution in [3.05, 3.63) is 29.8 Å². The summed E-state index contributed by atoms with van der Waals surface area (Å²) in [4.78, 5) is 4.23. The molecule has 0 unspecified atom stereocenters. The fraction of sp³-hybridized carbons (Fsp3) is 0.364. The minimum absolute atomic E-state index is 0.285. The molecule has 5 heteroatoms. The van der Waals surface area contributed by atoms with Crippen molar-refractivity contribution < 1.29 is 4.39 Å². The third-order valence-electron chi connectivity index (χ3n) is 2.45. The maximum atomic E-state index is 13.5. The maximum absolute atomic E-state index is 13.5. The molecule has 0 bridgehead atoms. The molecule has 0 saturated carbocycles. The van der Waals surface area contributed by atoms with E-state index in [9.17, 15) is 4.39 Å². The molecule has 86 valence electrons. The van der Waals surface area contributed by atoms with E-state index in [0.717, 1.165) is 23.6 Å². The number of nitrogens with zero attached hydrogens (tertiary/aromatic N) is 2. The van der Waals surface area contributed by atoms with Gasteiger partial charge in [0.15, 0.2) is 5.82 Å². The molecule has 0 aliphatic rings. The van der Waals surface area contributed by atoms with Gasteiger partial charge in [-0.3, -0.25) is 0 Å². The number of benzene rings is 1. The fourth-order valence-electron chi connectivity index (χ4n) is 1.69. The lowest BCUT2D eigenvalue weighted by Crippen LogP contribution is -2.04. The van der Waals surface area contributed by atoms with Crippen molar-refractivity contribution in [2.75, 3.05) is 12.0 Å². The first-order chi connectivity index (χ1) is 7.77. The van der Waals surface area contributed by atoms with Crippen LogP contribution in [-0.4, -0.2) is 21.6 Å². The summed E-state index contributed by atoms with van der Waals surface area (Å²) in [6, 6.07) is 5.00. The van der Waals surface area contributed by atoms with Crippen LogP contribution in [-0.2, 0) is 12.4 Å². The molecule has 0 N–H and O–H groups in total. The molecular weight excluding hydrogens is 247 g/mol. The van der Waals surface area contributed by atoms with Crippen LogP contribution in [0.4, 0.5) is 4.39 Å². The quantitative estimate of drug-likeness (QED) is 0.784. The second-order valence-electron chi connectivity index (χ2n) is 3.41. The van der Waals surface area contributed by atoms with Crippen molar-refractivity contribution in [1.82, 2.24) is 9.55 Å². The first kappa shape index (κ1) is 11.7. The van der Waals surface area contributed by atoms with Crippen molar-refractivity contribution in [3.8, 4) is 0 Å². The van der Waals surface area contributed by atoms with Crippen molar-refractivity contribution in [1.29, 1.82) is 0 Å². The maximum Gasteiger partial charge on any atom is 0.151 e. The Kier molecular flexibility index (Phi) is 3.71. The minimum Gasteiger partial charge on any atom is -0.326 e. The van der Waals surface area contributed by atoms with Gasteiger partial charge in [0, 0.05) is 12.3 Å². The van der Waals surface area contributed by atoms with Crippen molar-refractivity contribution in [2.45, 2.75) is 12.4 Å². The number of fused-ring (bicyclic) bond motifs is 1. The molecule has 1 aromatic carbocycles. The molecule has 0 aliphatic carbocycles. The van der Waals surface area contributed by atoms with Crippen molar-refractivity contribution >= 4 is 34.4 Å². The summed E-state index contributed by atoms with van der Waals surface area (Å²) in [5.74, 6) is 1.72. The highest BCUT2D eigenvalue weighted by Gasteiger charge is 2.12. The molecule has 0 radical (unpaired) electrons. The highest BCUT2D eigenvalue weighted by Crippen LogP contribution is 2.20. The Balaban J connectivity index is 2.54. The second kappa shape index (κ2) is 5.06. The summed E-state index contributed by atoms with van der Waals surface area (Å²) in [7, 11) is 0. The van der Waals surface area contributed by atoms with E-state index in [0.29, 0.717) is 11.4 Å². The number of hydrogen-bond acceptors (Lipinski definition) is 2. The predicted octanol–water partition coefficient (Wildman–Crippen LogP) is 3.28. The molecule has 2 rings (SSSR count). The van der Waals surface area contributed by atoms with Gasteiger partial charge in [-0.25, -0.2) is 9.37 Å². The van der Waals surface area contributed by atoms with Gasteiger partial charge in [0.2, 0.25) is 0 Å². The number of aromatic nitrogens is 2. The third-order valence-corrected chi connectivity index (χ3v) is 3.28. The lowest BCUT2D eigenvalue weighted by Gasteiger charge is -2.05. The average Bonchev–Trinajstić information content (AvgIpc) is 2.66. The van der Waals surface area contributed by atoms with E-state index in [-0.39, 0.29) is 5.82 Å². The highest BCUT2D eigenvalue weighted by atomic mass is 35.5. The van der Waals surface area contributed by atoms with Gasteiger partial charge in [-0.1, -0.05) is 6.07 Å². The van der Waals surface area contributed by atoms with E-state index < -0.39 is 0 Å². The van der Waals surface area contributed by atoms with Gasteiger partial charge >= 0.3 is 0 Å². The lowest BCUT2D eigenvalue weighted by atomic mass is 10.3.